The summed E-state index contributed by atoms with van der Waals surface area (Å²) in [7, 11) is 0. The SMILES string of the molecule is CCCC[C@H](CC)C(=O)Nc1ccc(N2CCC(C)CC2)c(C(=O)NC2CCCCC2)c1. The van der Waals surface area contributed by atoms with Crippen LogP contribution in [0.1, 0.15) is 102 Å². The summed E-state index contributed by atoms with van der Waals surface area (Å²) in [4.78, 5) is 28.6. The van der Waals surface area contributed by atoms with Gasteiger partial charge >= 0.3 is 0 Å². The molecule has 0 aromatic heterocycles. The molecule has 32 heavy (non-hydrogen) atoms. The van der Waals surface area contributed by atoms with Gasteiger partial charge in [0.25, 0.3) is 5.91 Å². The Bertz CT molecular complexity index is 749. The number of amides is 2. The number of anilines is 2. The van der Waals surface area contributed by atoms with Crippen LogP contribution in [0.5, 0.6) is 0 Å². The molecule has 0 radical (unpaired) electrons. The number of nitrogens with one attached hydrogen (secondary N) is 2. The van der Waals surface area contributed by atoms with E-state index in [1.54, 1.807) is 0 Å². The van der Waals surface area contributed by atoms with E-state index >= 15 is 0 Å². The van der Waals surface area contributed by atoms with Crippen molar-refractivity contribution in [3.63, 3.8) is 0 Å². The first-order valence-electron chi connectivity index (χ1n) is 13.0. The maximum atomic E-state index is 13.4. The third-order valence-corrected chi connectivity index (χ3v) is 7.34. The van der Waals surface area contributed by atoms with Crippen molar-refractivity contribution in [2.45, 2.75) is 97.4 Å². The zero-order valence-corrected chi connectivity index (χ0v) is 20.4. The van der Waals surface area contributed by atoms with Gasteiger partial charge < -0.3 is 15.5 Å². The Labute approximate surface area is 194 Å². The van der Waals surface area contributed by atoms with Crippen molar-refractivity contribution in [1.29, 1.82) is 0 Å². The monoisotopic (exact) mass is 441 g/mol. The summed E-state index contributed by atoms with van der Waals surface area (Å²) in [6.45, 7) is 8.48. The molecule has 1 heterocycles. The minimum absolute atomic E-state index is 0.000328. The predicted molar refractivity (Wildman–Crippen MR) is 133 cm³/mol. The number of piperidine rings is 1. The number of nitrogens with zero attached hydrogens (tertiary/aromatic N) is 1. The van der Waals surface area contributed by atoms with Crippen LogP contribution in [-0.4, -0.2) is 30.9 Å². The molecule has 2 aliphatic rings. The number of hydrogen-bond acceptors (Lipinski definition) is 3. The minimum atomic E-state index is -0.000328. The van der Waals surface area contributed by atoms with Gasteiger partial charge in [-0.3, -0.25) is 9.59 Å². The molecule has 178 valence electrons. The Morgan fingerprint density at radius 2 is 1.78 bits per heavy atom. The second kappa shape index (κ2) is 12.3. The van der Waals surface area contributed by atoms with Crippen LogP contribution in [-0.2, 0) is 4.79 Å². The third kappa shape index (κ3) is 6.73. The van der Waals surface area contributed by atoms with Crippen LogP contribution >= 0.6 is 0 Å². The molecular weight excluding hydrogens is 398 g/mol. The molecule has 1 aromatic carbocycles. The molecular formula is C27H43N3O2. The van der Waals surface area contributed by atoms with Gasteiger partial charge in [-0.05, 0) is 62.6 Å². The summed E-state index contributed by atoms with van der Waals surface area (Å²) in [5.74, 6) is 0.829. The van der Waals surface area contributed by atoms with Crippen LogP contribution in [0, 0.1) is 11.8 Å². The normalized spacial score (nSPS) is 18.9. The van der Waals surface area contributed by atoms with Gasteiger partial charge in [-0.2, -0.15) is 0 Å². The molecule has 0 bridgehead atoms. The van der Waals surface area contributed by atoms with Gasteiger partial charge in [-0.25, -0.2) is 0 Å². The van der Waals surface area contributed by atoms with E-state index in [0.29, 0.717) is 5.56 Å². The van der Waals surface area contributed by atoms with Crippen molar-refractivity contribution in [2.24, 2.45) is 11.8 Å². The fraction of sp³-hybridized carbons (Fsp3) is 0.704. The van der Waals surface area contributed by atoms with Crippen LogP contribution < -0.4 is 15.5 Å². The minimum Gasteiger partial charge on any atom is -0.371 e. The number of carbonyl (C=O) groups excluding carboxylic acids is 2. The largest absolute Gasteiger partial charge is 0.371 e. The maximum Gasteiger partial charge on any atom is 0.253 e. The summed E-state index contributed by atoms with van der Waals surface area (Å²) in [6.07, 6.45) is 12.0. The molecule has 1 aliphatic carbocycles. The average molecular weight is 442 g/mol. The average Bonchev–Trinajstić information content (AvgIpc) is 2.81. The van der Waals surface area contributed by atoms with Gasteiger partial charge in [-0.1, -0.05) is 52.9 Å². The zero-order valence-electron chi connectivity index (χ0n) is 20.4. The van der Waals surface area contributed by atoms with Gasteiger partial charge in [0, 0.05) is 36.4 Å². The topological polar surface area (TPSA) is 61.4 Å². The van der Waals surface area contributed by atoms with Crippen molar-refractivity contribution in [2.75, 3.05) is 23.3 Å². The van der Waals surface area contributed by atoms with E-state index in [-0.39, 0.29) is 23.8 Å². The highest BCUT2D eigenvalue weighted by molar-refractivity contribution is 6.02. The van der Waals surface area contributed by atoms with Crippen LogP contribution in [0.25, 0.3) is 0 Å². The Hall–Kier alpha value is -2.04. The lowest BCUT2D eigenvalue weighted by atomic mass is 9.94. The summed E-state index contributed by atoms with van der Waals surface area (Å²) in [5.41, 5.74) is 2.43. The number of carbonyl (C=O) groups is 2. The molecule has 2 amide bonds. The Morgan fingerprint density at radius 3 is 2.44 bits per heavy atom. The molecule has 2 N–H and O–H groups in total. The fourth-order valence-corrected chi connectivity index (χ4v) is 5.05. The summed E-state index contributed by atoms with van der Waals surface area (Å²) < 4.78 is 0. The van der Waals surface area contributed by atoms with E-state index in [1.165, 1.54) is 19.3 Å². The number of rotatable bonds is 9. The van der Waals surface area contributed by atoms with Crippen molar-refractivity contribution in [3.8, 4) is 0 Å². The van der Waals surface area contributed by atoms with E-state index < -0.39 is 0 Å². The molecule has 0 unspecified atom stereocenters. The molecule has 1 aromatic rings. The van der Waals surface area contributed by atoms with Gasteiger partial charge in [0.05, 0.1) is 5.56 Å². The Morgan fingerprint density at radius 1 is 1.06 bits per heavy atom. The maximum absolute atomic E-state index is 13.4. The van der Waals surface area contributed by atoms with Crippen molar-refractivity contribution >= 4 is 23.2 Å². The van der Waals surface area contributed by atoms with Crippen LogP contribution in [0.15, 0.2) is 18.2 Å². The Balaban J connectivity index is 1.79. The third-order valence-electron chi connectivity index (χ3n) is 7.34. The van der Waals surface area contributed by atoms with Gasteiger partial charge in [-0.15, -0.1) is 0 Å². The lowest BCUT2D eigenvalue weighted by Gasteiger charge is -2.34. The molecule has 2 fully saturated rings. The smallest absolute Gasteiger partial charge is 0.253 e. The van der Waals surface area contributed by atoms with E-state index in [0.717, 1.165) is 81.7 Å². The van der Waals surface area contributed by atoms with Gasteiger partial charge in [0.15, 0.2) is 0 Å². The quantitative estimate of drug-likeness (QED) is 0.484. The van der Waals surface area contributed by atoms with Gasteiger partial charge in [0.1, 0.15) is 0 Å². The molecule has 0 spiro atoms. The molecule has 5 nitrogen and oxygen atoms in total. The van der Waals surface area contributed by atoms with Crippen LogP contribution in [0.3, 0.4) is 0 Å². The molecule has 3 rings (SSSR count). The number of hydrogen-bond donors (Lipinski definition) is 2. The second-order valence-corrected chi connectivity index (χ2v) is 9.95. The number of benzene rings is 1. The molecule has 1 aliphatic heterocycles. The lowest BCUT2D eigenvalue weighted by Crippen LogP contribution is -2.38. The van der Waals surface area contributed by atoms with Crippen molar-refractivity contribution in [3.05, 3.63) is 23.8 Å². The van der Waals surface area contributed by atoms with E-state index in [1.807, 2.05) is 18.2 Å². The first-order valence-corrected chi connectivity index (χ1v) is 13.0. The van der Waals surface area contributed by atoms with Crippen LogP contribution in [0.4, 0.5) is 11.4 Å². The molecule has 1 atom stereocenters. The lowest BCUT2D eigenvalue weighted by molar-refractivity contribution is -0.120. The Kier molecular flexibility index (Phi) is 9.43. The highest BCUT2D eigenvalue weighted by Gasteiger charge is 2.24. The standard InChI is InChI=1S/C27H43N3O2/c1-4-6-10-21(5-2)26(31)29-23-13-14-25(30-17-15-20(3)16-18-30)24(19-23)27(32)28-22-11-8-7-9-12-22/h13-14,19-22H,4-12,15-18H2,1-3H3,(H,28,32)(H,29,31)/t21-/m0/s1. The summed E-state index contributed by atoms with van der Waals surface area (Å²) in [6, 6.07) is 6.17. The van der Waals surface area contributed by atoms with E-state index in [9.17, 15) is 9.59 Å². The summed E-state index contributed by atoms with van der Waals surface area (Å²) >= 11 is 0. The highest BCUT2D eigenvalue weighted by atomic mass is 16.2. The van der Waals surface area contributed by atoms with E-state index in [4.69, 9.17) is 0 Å². The molecule has 1 saturated heterocycles. The second-order valence-electron chi connectivity index (χ2n) is 9.95. The highest BCUT2D eigenvalue weighted by Crippen LogP contribution is 2.30. The van der Waals surface area contributed by atoms with Crippen molar-refractivity contribution < 1.29 is 9.59 Å². The van der Waals surface area contributed by atoms with E-state index in [2.05, 4.69) is 36.3 Å². The number of unbranched alkanes of at least 4 members (excludes halogenated alkanes) is 1. The summed E-state index contributed by atoms with van der Waals surface area (Å²) in [5, 5.41) is 6.39. The predicted octanol–water partition coefficient (Wildman–Crippen LogP) is 6.14. The fourth-order valence-electron chi connectivity index (χ4n) is 5.05. The van der Waals surface area contributed by atoms with Crippen LogP contribution in [0.2, 0.25) is 0 Å². The van der Waals surface area contributed by atoms with Gasteiger partial charge in [0.2, 0.25) is 5.91 Å². The van der Waals surface area contributed by atoms with Crippen molar-refractivity contribution in [1.82, 2.24) is 5.32 Å². The first-order chi connectivity index (χ1) is 15.5. The zero-order chi connectivity index (χ0) is 22.9. The first kappa shape index (κ1) is 24.6. The molecule has 1 saturated carbocycles. The molecule has 5 heteroatoms.